The number of hydrogen-bond acceptors (Lipinski definition) is 4. The lowest BCUT2D eigenvalue weighted by Gasteiger charge is -2.16. The van der Waals surface area contributed by atoms with E-state index in [2.05, 4.69) is 182 Å². The Labute approximate surface area is 382 Å². The first-order valence-electron chi connectivity index (χ1n) is 22.2. The molecule has 0 atom stereocenters. The molecule has 306 valence electrons. The monoisotopic (exact) mass is 838 g/mol. The van der Waals surface area contributed by atoms with Crippen molar-refractivity contribution in [2.75, 3.05) is 0 Å². The molecular formula is C62H38N4. The molecule has 0 fully saturated rings. The summed E-state index contributed by atoms with van der Waals surface area (Å²) >= 11 is 0. The van der Waals surface area contributed by atoms with Crippen molar-refractivity contribution in [3.05, 3.63) is 236 Å². The van der Waals surface area contributed by atoms with Gasteiger partial charge in [0.15, 0.2) is 17.5 Å². The summed E-state index contributed by atoms with van der Waals surface area (Å²) in [6.45, 7) is 0. The topological polar surface area (TPSA) is 62.5 Å². The highest BCUT2D eigenvalue weighted by atomic mass is 15.0. The molecule has 0 bridgehead atoms. The third-order valence-corrected chi connectivity index (χ3v) is 12.8. The molecule has 11 aromatic carbocycles. The van der Waals surface area contributed by atoms with Gasteiger partial charge in [0.1, 0.15) is 0 Å². The number of fused-ring (bicyclic) bond motifs is 6. The predicted octanol–water partition coefficient (Wildman–Crippen LogP) is 16.0. The molecule has 66 heavy (non-hydrogen) atoms. The maximum Gasteiger partial charge on any atom is 0.164 e. The maximum atomic E-state index is 10.6. The van der Waals surface area contributed by atoms with E-state index in [1.807, 2.05) is 54.6 Å². The lowest BCUT2D eigenvalue weighted by Crippen LogP contribution is -2.01. The molecule has 12 rings (SSSR count). The van der Waals surface area contributed by atoms with Gasteiger partial charge in [0.2, 0.25) is 0 Å². The summed E-state index contributed by atoms with van der Waals surface area (Å²) in [6.07, 6.45) is 0. The van der Waals surface area contributed by atoms with Crippen LogP contribution in [0.1, 0.15) is 5.56 Å². The fraction of sp³-hybridized carbons (Fsp3) is 0. The van der Waals surface area contributed by atoms with Crippen molar-refractivity contribution in [3.63, 3.8) is 0 Å². The van der Waals surface area contributed by atoms with Gasteiger partial charge >= 0.3 is 0 Å². The van der Waals surface area contributed by atoms with Crippen LogP contribution in [-0.2, 0) is 0 Å². The zero-order chi connectivity index (χ0) is 44.0. The van der Waals surface area contributed by atoms with Crippen LogP contribution in [0.5, 0.6) is 0 Å². The fourth-order valence-electron chi connectivity index (χ4n) is 9.65. The molecular weight excluding hydrogens is 801 g/mol. The molecule has 0 N–H and O–H groups in total. The van der Waals surface area contributed by atoms with Gasteiger partial charge in [-0.2, -0.15) is 5.26 Å². The van der Waals surface area contributed by atoms with Crippen LogP contribution in [0.15, 0.2) is 231 Å². The first-order valence-corrected chi connectivity index (χ1v) is 22.2. The molecule has 0 aliphatic carbocycles. The molecule has 0 amide bonds. The van der Waals surface area contributed by atoms with Crippen LogP contribution in [0.4, 0.5) is 0 Å². The van der Waals surface area contributed by atoms with Crippen molar-refractivity contribution in [1.29, 1.82) is 5.26 Å². The van der Waals surface area contributed by atoms with Gasteiger partial charge in [0, 0.05) is 22.3 Å². The van der Waals surface area contributed by atoms with Crippen LogP contribution in [0.2, 0.25) is 0 Å². The number of nitriles is 1. The molecule has 0 aliphatic rings. The van der Waals surface area contributed by atoms with Crippen LogP contribution in [0, 0.1) is 11.3 Å². The number of nitrogens with zero attached hydrogens (tertiary/aromatic N) is 4. The zero-order valence-electron chi connectivity index (χ0n) is 35.7. The van der Waals surface area contributed by atoms with E-state index < -0.39 is 0 Å². The van der Waals surface area contributed by atoms with Gasteiger partial charge in [-0.05, 0) is 100 Å². The first kappa shape index (κ1) is 38.6. The highest BCUT2D eigenvalue weighted by molar-refractivity contribution is 6.13. The Morgan fingerprint density at radius 1 is 0.258 bits per heavy atom. The minimum atomic E-state index is 0.568. The van der Waals surface area contributed by atoms with Crippen LogP contribution >= 0.6 is 0 Å². The van der Waals surface area contributed by atoms with Gasteiger partial charge < -0.3 is 0 Å². The van der Waals surface area contributed by atoms with Crippen molar-refractivity contribution in [3.8, 4) is 84.7 Å². The lowest BCUT2D eigenvalue weighted by molar-refractivity contribution is 1.08. The molecule has 1 aromatic heterocycles. The van der Waals surface area contributed by atoms with Crippen molar-refractivity contribution >= 4 is 43.1 Å². The van der Waals surface area contributed by atoms with E-state index in [-0.39, 0.29) is 0 Å². The van der Waals surface area contributed by atoms with E-state index >= 15 is 0 Å². The average Bonchev–Trinajstić information content (AvgIpc) is 3.40. The molecule has 4 nitrogen and oxygen atoms in total. The number of benzene rings is 11. The van der Waals surface area contributed by atoms with Gasteiger partial charge in [0.05, 0.1) is 11.6 Å². The van der Waals surface area contributed by atoms with Crippen LogP contribution < -0.4 is 0 Å². The van der Waals surface area contributed by atoms with Crippen molar-refractivity contribution in [1.82, 2.24) is 15.0 Å². The summed E-state index contributed by atoms with van der Waals surface area (Å²) in [5.74, 6) is 1.76. The molecule has 1 heterocycles. The highest BCUT2D eigenvalue weighted by Gasteiger charge is 2.19. The average molecular weight is 839 g/mol. The van der Waals surface area contributed by atoms with Gasteiger partial charge in [-0.1, -0.05) is 212 Å². The summed E-state index contributed by atoms with van der Waals surface area (Å²) in [4.78, 5) is 15.6. The molecule has 0 aliphatic heterocycles. The quantitative estimate of drug-likeness (QED) is 0.150. The fourth-order valence-corrected chi connectivity index (χ4v) is 9.65. The smallest absolute Gasteiger partial charge is 0.164 e. The maximum absolute atomic E-state index is 10.6. The molecule has 0 saturated heterocycles. The van der Waals surface area contributed by atoms with E-state index in [0.717, 1.165) is 66.4 Å². The number of hydrogen-bond donors (Lipinski definition) is 0. The third-order valence-electron chi connectivity index (χ3n) is 12.8. The second-order valence-electron chi connectivity index (χ2n) is 16.6. The van der Waals surface area contributed by atoms with E-state index in [0.29, 0.717) is 23.0 Å². The second kappa shape index (κ2) is 16.3. The van der Waals surface area contributed by atoms with E-state index in [1.54, 1.807) is 0 Å². The molecule has 0 radical (unpaired) electrons. The zero-order valence-corrected chi connectivity index (χ0v) is 35.7. The van der Waals surface area contributed by atoms with Crippen molar-refractivity contribution < 1.29 is 0 Å². The standard InChI is InChI=1S/C62H38N4/c63-39-46-32-31-45(38-59(46)44-20-12-19-43(37-44)49-23-8-10-25-51(49)54-29-13-27-52-47-21-6-4-15-40(47)33-35-55(52)54)50-24-9-11-26-57(50)61-64-60(42-17-2-1-3-18-42)65-62(66-61)58-30-14-28-53-48-22-7-5-16-41(48)34-36-56(53)58/h1-38H. The van der Waals surface area contributed by atoms with Gasteiger partial charge in [0.25, 0.3) is 0 Å². The number of aromatic nitrogens is 3. The van der Waals surface area contributed by atoms with Crippen LogP contribution in [-0.4, -0.2) is 15.0 Å². The molecule has 0 saturated carbocycles. The Morgan fingerprint density at radius 3 is 1.39 bits per heavy atom. The van der Waals surface area contributed by atoms with Crippen molar-refractivity contribution in [2.45, 2.75) is 0 Å². The Hall–Kier alpha value is -9.04. The summed E-state index contributed by atoms with van der Waals surface area (Å²) < 4.78 is 0. The Bertz CT molecular complexity index is 3900. The minimum Gasteiger partial charge on any atom is -0.208 e. The normalized spacial score (nSPS) is 11.3. The van der Waals surface area contributed by atoms with E-state index in [1.165, 1.54) is 37.9 Å². The summed E-state index contributed by atoms with van der Waals surface area (Å²) in [7, 11) is 0. The Kier molecular flexibility index (Phi) is 9.51. The van der Waals surface area contributed by atoms with E-state index in [9.17, 15) is 5.26 Å². The lowest BCUT2D eigenvalue weighted by atomic mass is 9.88. The highest BCUT2D eigenvalue weighted by Crippen LogP contribution is 2.41. The predicted molar refractivity (Wildman–Crippen MR) is 273 cm³/mol. The van der Waals surface area contributed by atoms with Crippen LogP contribution in [0.3, 0.4) is 0 Å². The van der Waals surface area contributed by atoms with E-state index in [4.69, 9.17) is 15.0 Å². The molecule has 0 unspecified atom stereocenters. The number of rotatable bonds is 7. The first-order chi connectivity index (χ1) is 32.7. The molecule has 0 spiro atoms. The SMILES string of the molecule is N#Cc1ccc(-c2ccccc2-c2nc(-c3ccccc3)nc(-c3cccc4c3ccc3ccccc34)n2)cc1-c1cccc(-c2ccccc2-c2cccc3c2ccc2ccccc23)c1. The molecule has 4 heteroatoms. The summed E-state index contributed by atoms with van der Waals surface area (Å²) in [5.41, 5.74) is 11.6. The third kappa shape index (κ3) is 6.75. The van der Waals surface area contributed by atoms with Crippen LogP contribution in [0.25, 0.3) is 122 Å². The van der Waals surface area contributed by atoms with Crippen molar-refractivity contribution in [2.24, 2.45) is 0 Å². The second-order valence-corrected chi connectivity index (χ2v) is 16.6. The Balaban J connectivity index is 0.979. The summed E-state index contributed by atoms with van der Waals surface area (Å²) in [5, 5.41) is 20.1. The van der Waals surface area contributed by atoms with Gasteiger partial charge in [-0.25, -0.2) is 15.0 Å². The Morgan fingerprint density at radius 2 is 0.712 bits per heavy atom. The summed E-state index contributed by atoms with van der Waals surface area (Å²) in [6, 6.07) is 82.9. The minimum absolute atomic E-state index is 0.568. The molecule has 12 aromatic rings. The van der Waals surface area contributed by atoms with Gasteiger partial charge in [-0.3, -0.25) is 0 Å². The van der Waals surface area contributed by atoms with Gasteiger partial charge in [-0.15, -0.1) is 0 Å². The largest absolute Gasteiger partial charge is 0.208 e.